The van der Waals surface area contributed by atoms with Crippen LogP contribution in [0.5, 0.6) is 0 Å². The number of carbonyl (C=O) groups is 2. The van der Waals surface area contributed by atoms with Crippen LogP contribution in [0.1, 0.15) is 44.9 Å². The molecule has 0 N–H and O–H groups in total. The Labute approximate surface area is 144 Å². The zero-order valence-electron chi connectivity index (χ0n) is 12.6. The highest BCUT2D eigenvalue weighted by molar-refractivity contribution is 14.1. The fourth-order valence-electron chi connectivity index (χ4n) is 4.69. The minimum Gasteiger partial charge on any atom is -0.325 e. The van der Waals surface area contributed by atoms with Crippen molar-refractivity contribution in [2.75, 3.05) is 6.54 Å². The van der Waals surface area contributed by atoms with E-state index in [1.54, 1.807) is 6.08 Å². The fraction of sp³-hybridized carbons (Fsp3) is 0.556. The number of nitrogens with zero attached hydrogens (tertiary/aromatic N) is 1. The molecular weight excluding hydrogens is 389 g/mol. The molecule has 0 aromatic carbocycles. The molecule has 1 amide bonds. The number of allylic oxidation sites excluding steroid dienone is 2. The number of rotatable bonds is 1. The van der Waals surface area contributed by atoms with Gasteiger partial charge in [-0.1, -0.05) is 12.2 Å². The fourth-order valence-corrected chi connectivity index (χ4v) is 5.76. The number of piperidine rings is 1. The molecule has 4 aliphatic rings. The lowest BCUT2D eigenvalue weighted by Gasteiger charge is -2.50. The Kier molecular flexibility index (Phi) is 3.55. The van der Waals surface area contributed by atoms with Gasteiger partial charge in [0.1, 0.15) is 0 Å². The molecule has 4 heteroatoms. The Balaban J connectivity index is 1.90. The third-order valence-corrected chi connectivity index (χ3v) is 6.64. The summed E-state index contributed by atoms with van der Waals surface area (Å²) < 4.78 is 0.886. The summed E-state index contributed by atoms with van der Waals surface area (Å²) in [4.78, 5) is 26.8. The third kappa shape index (κ3) is 1.92. The summed E-state index contributed by atoms with van der Waals surface area (Å²) in [6.07, 6.45) is 13.4. The van der Waals surface area contributed by atoms with Crippen LogP contribution in [0.4, 0.5) is 0 Å². The quantitative estimate of drug-likeness (QED) is 0.620. The van der Waals surface area contributed by atoms with Crippen LogP contribution in [0.3, 0.4) is 0 Å². The SMILES string of the molecule is O=C1C=CC23C(C4=CCCCC4)=C(I)C(=O)N2CCCC3C1. The Morgan fingerprint density at radius 1 is 1.23 bits per heavy atom. The van der Waals surface area contributed by atoms with Crippen molar-refractivity contribution in [2.45, 2.75) is 50.5 Å². The van der Waals surface area contributed by atoms with Gasteiger partial charge < -0.3 is 4.90 Å². The van der Waals surface area contributed by atoms with Crippen molar-refractivity contribution in [3.8, 4) is 0 Å². The molecule has 2 atom stereocenters. The summed E-state index contributed by atoms with van der Waals surface area (Å²) in [6, 6.07) is 0. The van der Waals surface area contributed by atoms with E-state index in [9.17, 15) is 9.59 Å². The Morgan fingerprint density at radius 3 is 2.86 bits per heavy atom. The second kappa shape index (κ2) is 5.32. The molecule has 2 aliphatic heterocycles. The molecular formula is C18H20INO2. The molecule has 3 nitrogen and oxygen atoms in total. The molecule has 1 fully saturated rings. The first-order chi connectivity index (χ1) is 10.6. The molecule has 0 aromatic heterocycles. The summed E-state index contributed by atoms with van der Waals surface area (Å²) in [7, 11) is 0. The third-order valence-electron chi connectivity index (χ3n) is 5.64. The van der Waals surface area contributed by atoms with Crippen molar-refractivity contribution < 1.29 is 9.59 Å². The van der Waals surface area contributed by atoms with Crippen molar-refractivity contribution >= 4 is 34.3 Å². The maximum atomic E-state index is 12.8. The van der Waals surface area contributed by atoms with Crippen LogP contribution in [0.25, 0.3) is 0 Å². The molecule has 0 radical (unpaired) electrons. The Bertz CT molecular complexity index is 645. The van der Waals surface area contributed by atoms with Crippen LogP contribution >= 0.6 is 22.6 Å². The topological polar surface area (TPSA) is 37.4 Å². The largest absolute Gasteiger partial charge is 0.325 e. The lowest BCUT2D eigenvalue weighted by atomic mass is 9.66. The molecule has 0 aromatic rings. The van der Waals surface area contributed by atoms with Gasteiger partial charge in [-0.25, -0.2) is 0 Å². The van der Waals surface area contributed by atoms with Crippen molar-refractivity contribution in [1.82, 2.24) is 4.90 Å². The molecule has 4 rings (SSSR count). The van der Waals surface area contributed by atoms with Crippen LogP contribution in [0.15, 0.2) is 33.0 Å². The van der Waals surface area contributed by atoms with Gasteiger partial charge in [0.15, 0.2) is 5.78 Å². The Morgan fingerprint density at radius 2 is 2.09 bits per heavy atom. The van der Waals surface area contributed by atoms with E-state index in [0.29, 0.717) is 6.42 Å². The first kappa shape index (κ1) is 14.7. The standard InChI is InChI=1S/C18H20INO2/c19-16-15(12-5-2-1-3-6-12)18-9-8-14(21)11-13(18)7-4-10-20(18)17(16)22/h5,8-9,13H,1-4,6-7,10-11H2. The van der Waals surface area contributed by atoms with Crippen LogP contribution in [-0.4, -0.2) is 28.7 Å². The van der Waals surface area contributed by atoms with Gasteiger partial charge in [-0.2, -0.15) is 0 Å². The molecule has 1 saturated heterocycles. The summed E-state index contributed by atoms with van der Waals surface area (Å²) in [5.41, 5.74) is 2.26. The summed E-state index contributed by atoms with van der Waals surface area (Å²) in [5.74, 6) is 0.641. The van der Waals surface area contributed by atoms with Gasteiger partial charge in [0.25, 0.3) is 5.91 Å². The van der Waals surface area contributed by atoms with E-state index in [0.717, 1.165) is 35.8 Å². The van der Waals surface area contributed by atoms with E-state index in [2.05, 4.69) is 39.6 Å². The lowest BCUT2D eigenvalue weighted by Crippen LogP contribution is -2.57. The average Bonchev–Trinajstić information content (AvgIpc) is 2.76. The smallest absolute Gasteiger partial charge is 0.261 e. The van der Waals surface area contributed by atoms with Gasteiger partial charge >= 0.3 is 0 Å². The maximum Gasteiger partial charge on any atom is 0.261 e. The number of hydrogen-bond acceptors (Lipinski definition) is 2. The molecule has 2 heterocycles. The lowest BCUT2D eigenvalue weighted by molar-refractivity contribution is -0.133. The summed E-state index contributed by atoms with van der Waals surface area (Å²) in [5, 5.41) is 0. The molecule has 2 unspecified atom stereocenters. The molecule has 0 bridgehead atoms. The minimum absolute atomic E-state index is 0.172. The highest BCUT2D eigenvalue weighted by Gasteiger charge is 2.57. The molecule has 2 aliphatic carbocycles. The van der Waals surface area contributed by atoms with E-state index in [4.69, 9.17) is 0 Å². The molecule has 116 valence electrons. The van der Waals surface area contributed by atoms with E-state index in [1.807, 2.05) is 0 Å². The highest BCUT2D eigenvalue weighted by Crippen LogP contribution is 2.54. The van der Waals surface area contributed by atoms with Crippen molar-refractivity contribution in [1.29, 1.82) is 0 Å². The van der Waals surface area contributed by atoms with Gasteiger partial charge in [-0.15, -0.1) is 0 Å². The molecule has 22 heavy (non-hydrogen) atoms. The first-order valence-electron chi connectivity index (χ1n) is 8.28. The predicted octanol–water partition coefficient (Wildman–Crippen LogP) is 3.70. The van der Waals surface area contributed by atoms with E-state index >= 15 is 0 Å². The summed E-state index contributed by atoms with van der Waals surface area (Å²) in [6.45, 7) is 0.817. The number of hydrogen-bond donors (Lipinski definition) is 0. The first-order valence-corrected chi connectivity index (χ1v) is 9.36. The van der Waals surface area contributed by atoms with E-state index in [1.165, 1.54) is 24.0 Å². The average molecular weight is 409 g/mol. The highest BCUT2D eigenvalue weighted by atomic mass is 127. The maximum absolute atomic E-state index is 12.8. The van der Waals surface area contributed by atoms with Crippen molar-refractivity contribution in [3.05, 3.63) is 33.0 Å². The van der Waals surface area contributed by atoms with Gasteiger partial charge in [-0.05, 0) is 78.7 Å². The number of carbonyl (C=O) groups excluding carboxylic acids is 2. The summed E-state index contributed by atoms with van der Waals surface area (Å²) >= 11 is 2.25. The Hall–Kier alpha value is -0.910. The van der Waals surface area contributed by atoms with Gasteiger partial charge in [0, 0.05) is 18.5 Å². The van der Waals surface area contributed by atoms with Crippen molar-refractivity contribution in [2.24, 2.45) is 5.92 Å². The predicted molar refractivity (Wildman–Crippen MR) is 93.5 cm³/mol. The number of halogens is 1. The normalized spacial score (nSPS) is 34.7. The van der Waals surface area contributed by atoms with E-state index < -0.39 is 0 Å². The van der Waals surface area contributed by atoms with Crippen LogP contribution in [0.2, 0.25) is 0 Å². The monoisotopic (exact) mass is 409 g/mol. The zero-order chi connectivity index (χ0) is 15.3. The van der Waals surface area contributed by atoms with Crippen LogP contribution in [0, 0.1) is 5.92 Å². The number of amides is 1. The van der Waals surface area contributed by atoms with Crippen molar-refractivity contribution in [3.63, 3.8) is 0 Å². The minimum atomic E-state index is -0.330. The zero-order valence-corrected chi connectivity index (χ0v) is 14.8. The van der Waals surface area contributed by atoms with Crippen LogP contribution in [-0.2, 0) is 9.59 Å². The molecule has 0 saturated carbocycles. The van der Waals surface area contributed by atoms with Gasteiger partial charge in [-0.3, -0.25) is 9.59 Å². The van der Waals surface area contributed by atoms with Gasteiger partial charge in [0.05, 0.1) is 9.12 Å². The van der Waals surface area contributed by atoms with Crippen LogP contribution < -0.4 is 0 Å². The second-order valence-electron chi connectivity index (χ2n) is 6.79. The second-order valence-corrected chi connectivity index (χ2v) is 7.87. The van der Waals surface area contributed by atoms with Gasteiger partial charge in [0.2, 0.25) is 0 Å². The molecule has 1 spiro atoms. The number of ketones is 1. The van der Waals surface area contributed by atoms with E-state index in [-0.39, 0.29) is 23.1 Å².